The van der Waals surface area contributed by atoms with Gasteiger partial charge < -0.3 is 24.5 Å². The lowest BCUT2D eigenvalue weighted by Crippen LogP contribution is -2.33. The summed E-state index contributed by atoms with van der Waals surface area (Å²) in [6, 6.07) is 17.3. The third kappa shape index (κ3) is 5.61. The van der Waals surface area contributed by atoms with Crippen LogP contribution in [-0.2, 0) is 0 Å². The topological polar surface area (TPSA) is 68.5 Å². The number of hydrogen-bond acceptors (Lipinski definition) is 5. The number of para-hydroxylation sites is 1. The molecule has 0 saturated carbocycles. The zero-order chi connectivity index (χ0) is 18.0. The van der Waals surface area contributed by atoms with Crippen LogP contribution in [0.15, 0.2) is 73.3 Å². The molecule has 0 spiro atoms. The predicted molar refractivity (Wildman–Crippen MR) is 99.9 cm³/mol. The van der Waals surface area contributed by atoms with Crippen molar-refractivity contribution in [3.63, 3.8) is 0 Å². The normalized spacial score (nSPS) is 11.9. The highest BCUT2D eigenvalue weighted by molar-refractivity contribution is 5.37. The van der Waals surface area contributed by atoms with Gasteiger partial charge in [0, 0.05) is 31.2 Å². The number of nitrogens with zero attached hydrogens (tertiary/aromatic N) is 2. The van der Waals surface area contributed by atoms with Crippen molar-refractivity contribution in [1.29, 1.82) is 0 Å². The molecule has 0 amide bonds. The fourth-order valence-corrected chi connectivity index (χ4v) is 2.40. The van der Waals surface area contributed by atoms with Crippen LogP contribution in [0.1, 0.15) is 0 Å². The van der Waals surface area contributed by atoms with E-state index in [1.54, 1.807) is 12.5 Å². The summed E-state index contributed by atoms with van der Waals surface area (Å²) in [6.07, 6.45) is 4.83. The average molecular weight is 353 g/mol. The van der Waals surface area contributed by atoms with Crippen LogP contribution in [0.25, 0.3) is 5.69 Å². The Hall–Kier alpha value is -2.83. The van der Waals surface area contributed by atoms with Crippen LogP contribution < -0.4 is 14.8 Å². The highest BCUT2D eigenvalue weighted by atomic mass is 16.5. The molecule has 3 rings (SSSR count). The largest absolute Gasteiger partial charge is 0.492 e. The summed E-state index contributed by atoms with van der Waals surface area (Å²) in [5, 5.41) is 13.1. The predicted octanol–water partition coefficient (Wildman–Crippen LogP) is 2.28. The van der Waals surface area contributed by atoms with E-state index >= 15 is 0 Å². The number of rotatable bonds is 10. The molecule has 2 N–H and O–H groups in total. The molecule has 136 valence electrons. The van der Waals surface area contributed by atoms with Crippen molar-refractivity contribution < 1.29 is 14.6 Å². The highest BCUT2D eigenvalue weighted by Gasteiger charge is 2.04. The number of hydrogen-bond donors (Lipinski definition) is 2. The number of ether oxygens (including phenoxy) is 2. The van der Waals surface area contributed by atoms with Gasteiger partial charge in [-0.1, -0.05) is 18.2 Å². The number of aliphatic hydroxyl groups is 1. The van der Waals surface area contributed by atoms with Gasteiger partial charge in [0.25, 0.3) is 0 Å². The first-order valence-corrected chi connectivity index (χ1v) is 8.59. The van der Waals surface area contributed by atoms with E-state index in [0.29, 0.717) is 19.7 Å². The summed E-state index contributed by atoms with van der Waals surface area (Å²) in [7, 11) is 0. The zero-order valence-corrected chi connectivity index (χ0v) is 14.5. The molecule has 6 heteroatoms. The van der Waals surface area contributed by atoms with Crippen LogP contribution in [0.2, 0.25) is 0 Å². The van der Waals surface area contributed by atoms with Crippen molar-refractivity contribution in [2.24, 2.45) is 0 Å². The molecule has 2 aromatic carbocycles. The third-order valence-corrected chi connectivity index (χ3v) is 3.75. The van der Waals surface area contributed by atoms with Crippen LogP contribution in [0.5, 0.6) is 11.5 Å². The van der Waals surface area contributed by atoms with Crippen LogP contribution >= 0.6 is 0 Å². The Morgan fingerprint density at radius 1 is 1.00 bits per heavy atom. The van der Waals surface area contributed by atoms with Gasteiger partial charge in [0.15, 0.2) is 0 Å². The summed E-state index contributed by atoms with van der Waals surface area (Å²) in [6.45, 7) is 1.88. The summed E-state index contributed by atoms with van der Waals surface area (Å²) in [5.74, 6) is 1.57. The van der Waals surface area contributed by atoms with E-state index in [9.17, 15) is 5.11 Å². The number of benzene rings is 2. The monoisotopic (exact) mass is 353 g/mol. The SMILES string of the molecule is OC(CNCCOc1ccc(-n2ccnc2)cc1)COc1ccccc1. The molecule has 3 aromatic rings. The first-order chi connectivity index (χ1) is 12.8. The summed E-state index contributed by atoms with van der Waals surface area (Å²) in [5.41, 5.74) is 1.04. The van der Waals surface area contributed by atoms with E-state index in [1.165, 1.54) is 0 Å². The Labute approximate surface area is 153 Å². The lowest BCUT2D eigenvalue weighted by Gasteiger charge is -2.13. The maximum absolute atomic E-state index is 9.91. The molecule has 1 atom stereocenters. The van der Waals surface area contributed by atoms with Gasteiger partial charge in [0.05, 0.1) is 6.33 Å². The van der Waals surface area contributed by atoms with Crippen molar-refractivity contribution in [2.75, 3.05) is 26.3 Å². The van der Waals surface area contributed by atoms with Gasteiger partial charge in [-0.2, -0.15) is 0 Å². The van der Waals surface area contributed by atoms with Gasteiger partial charge in [-0.3, -0.25) is 0 Å². The molecule has 0 fully saturated rings. The van der Waals surface area contributed by atoms with Gasteiger partial charge >= 0.3 is 0 Å². The van der Waals surface area contributed by atoms with Crippen LogP contribution in [0.4, 0.5) is 0 Å². The Kier molecular flexibility index (Phi) is 6.64. The lowest BCUT2D eigenvalue weighted by molar-refractivity contribution is 0.105. The van der Waals surface area contributed by atoms with E-state index in [1.807, 2.05) is 65.4 Å². The Balaban J connectivity index is 1.29. The van der Waals surface area contributed by atoms with Gasteiger partial charge in [-0.25, -0.2) is 4.98 Å². The molecule has 0 aliphatic carbocycles. The quantitative estimate of drug-likeness (QED) is 0.547. The maximum atomic E-state index is 9.91. The summed E-state index contributed by atoms with van der Waals surface area (Å²) >= 11 is 0. The molecule has 1 aromatic heterocycles. The lowest BCUT2D eigenvalue weighted by atomic mass is 10.3. The second kappa shape index (κ2) is 9.60. The Morgan fingerprint density at radius 2 is 1.77 bits per heavy atom. The maximum Gasteiger partial charge on any atom is 0.119 e. The zero-order valence-electron chi connectivity index (χ0n) is 14.5. The minimum atomic E-state index is -0.565. The van der Waals surface area contributed by atoms with E-state index < -0.39 is 6.10 Å². The number of aliphatic hydroxyl groups excluding tert-OH is 1. The van der Waals surface area contributed by atoms with E-state index in [-0.39, 0.29) is 6.61 Å². The molecule has 26 heavy (non-hydrogen) atoms. The molecule has 0 bridgehead atoms. The standard InChI is InChI=1S/C20H23N3O3/c24-18(15-26-19-4-2-1-3-5-19)14-21-11-13-25-20-8-6-17(7-9-20)23-12-10-22-16-23/h1-10,12,16,18,21,24H,11,13-15H2. The minimum Gasteiger partial charge on any atom is -0.492 e. The van der Waals surface area contributed by atoms with Crippen LogP contribution in [0.3, 0.4) is 0 Å². The van der Waals surface area contributed by atoms with Crippen molar-refractivity contribution in [1.82, 2.24) is 14.9 Å². The molecule has 1 heterocycles. The molecule has 0 saturated heterocycles. The van der Waals surface area contributed by atoms with E-state index in [4.69, 9.17) is 9.47 Å². The summed E-state index contributed by atoms with van der Waals surface area (Å²) in [4.78, 5) is 4.03. The number of imidazole rings is 1. The Bertz CT molecular complexity index is 746. The van der Waals surface area contributed by atoms with Crippen LogP contribution in [-0.4, -0.2) is 47.1 Å². The molecule has 0 aliphatic rings. The molecular weight excluding hydrogens is 330 g/mol. The van der Waals surface area contributed by atoms with Crippen molar-refractivity contribution in [3.8, 4) is 17.2 Å². The average Bonchev–Trinajstić information content (AvgIpc) is 3.22. The van der Waals surface area contributed by atoms with Gasteiger partial charge in [0.1, 0.15) is 30.8 Å². The van der Waals surface area contributed by atoms with Gasteiger partial charge in [-0.05, 0) is 36.4 Å². The summed E-state index contributed by atoms with van der Waals surface area (Å²) < 4.78 is 13.1. The first kappa shape index (κ1) is 18.0. The fourth-order valence-electron chi connectivity index (χ4n) is 2.40. The molecular formula is C20H23N3O3. The molecule has 0 aliphatic heterocycles. The third-order valence-electron chi connectivity index (χ3n) is 3.75. The second-order valence-electron chi connectivity index (χ2n) is 5.79. The van der Waals surface area contributed by atoms with Crippen molar-refractivity contribution >= 4 is 0 Å². The number of nitrogens with one attached hydrogen (secondary N) is 1. The van der Waals surface area contributed by atoms with Crippen LogP contribution in [0, 0.1) is 0 Å². The van der Waals surface area contributed by atoms with E-state index in [0.717, 1.165) is 17.2 Å². The van der Waals surface area contributed by atoms with Gasteiger partial charge in [-0.15, -0.1) is 0 Å². The highest BCUT2D eigenvalue weighted by Crippen LogP contribution is 2.14. The second-order valence-corrected chi connectivity index (χ2v) is 5.79. The smallest absolute Gasteiger partial charge is 0.119 e. The molecule has 1 unspecified atom stereocenters. The van der Waals surface area contributed by atoms with E-state index in [2.05, 4.69) is 10.3 Å². The Morgan fingerprint density at radius 3 is 2.50 bits per heavy atom. The minimum absolute atomic E-state index is 0.258. The number of aromatic nitrogens is 2. The van der Waals surface area contributed by atoms with Gasteiger partial charge in [0.2, 0.25) is 0 Å². The fraction of sp³-hybridized carbons (Fsp3) is 0.250. The van der Waals surface area contributed by atoms with Crippen molar-refractivity contribution in [3.05, 3.63) is 73.3 Å². The molecule has 6 nitrogen and oxygen atoms in total. The first-order valence-electron chi connectivity index (χ1n) is 8.59. The van der Waals surface area contributed by atoms with Crippen molar-refractivity contribution in [2.45, 2.75) is 6.10 Å². The molecule has 0 radical (unpaired) electrons.